The SMILES string of the molecule is CC(NC(=O)Cn1c(Cl)nc2c1c(=O)n(C)c(=O)n2C)c1cccc2ccccc12. The number of hydrogen-bond acceptors (Lipinski definition) is 4. The summed E-state index contributed by atoms with van der Waals surface area (Å²) in [6, 6.07) is 13.6. The number of aromatic nitrogens is 4. The lowest BCUT2D eigenvalue weighted by molar-refractivity contribution is -0.122. The van der Waals surface area contributed by atoms with Crippen LogP contribution in [0.1, 0.15) is 18.5 Å². The van der Waals surface area contributed by atoms with E-state index in [0.717, 1.165) is 20.9 Å². The van der Waals surface area contributed by atoms with Gasteiger partial charge in [-0.15, -0.1) is 0 Å². The molecule has 1 unspecified atom stereocenters. The number of halogens is 1. The summed E-state index contributed by atoms with van der Waals surface area (Å²) in [4.78, 5) is 41.6. The van der Waals surface area contributed by atoms with Gasteiger partial charge in [0.1, 0.15) is 6.54 Å². The first kappa shape index (κ1) is 19.9. The normalized spacial score (nSPS) is 12.4. The van der Waals surface area contributed by atoms with Crippen molar-refractivity contribution >= 4 is 39.4 Å². The standard InChI is InChI=1S/C21H20ClN5O3/c1-12(14-10-6-8-13-7-4-5-9-15(13)14)23-16(28)11-27-17-18(24-20(27)22)25(2)21(30)26(3)19(17)29/h4-10,12H,11H2,1-3H3,(H,23,28). The average Bonchev–Trinajstić information content (AvgIpc) is 3.06. The Balaban J connectivity index is 1.66. The van der Waals surface area contributed by atoms with E-state index in [1.807, 2.05) is 49.4 Å². The fourth-order valence-corrected chi connectivity index (χ4v) is 3.93. The van der Waals surface area contributed by atoms with Gasteiger partial charge >= 0.3 is 5.69 Å². The molecular formula is C21H20ClN5O3. The van der Waals surface area contributed by atoms with Gasteiger partial charge in [0.05, 0.1) is 6.04 Å². The van der Waals surface area contributed by atoms with E-state index in [1.165, 1.54) is 23.2 Å². The lowest BCUT2D eigenvalue weighted by Gasteiger charge is -2.17. The van der Waals surface area contributed by atoms with Crippen LogP contribution in [0.25, 0.3) is 21.9 Å². The number of nitrogens with zero attached hydrogens (tertiary/aromatic N) is 4. The Bertz CT molecular complexity index is 1410. The number of carbonyl (C=O) groups is 1. The smallest absolute Gasteiger partial charge is 0.332 e. The molecule has 4 aromatic rings. The number of fused-ring (bicyclic) bond motifs is 2. The summed E-state index contributed by atoms with van der Waals surface area (Å²) in [5.74, 6) is -0.326. The van der Waals surface area contributed by atoms with Gasteiger partial charge in [0.15, 0.2) is 11.2 Å². The molecule has 0 radical (unpaired) electrons. The molecule has 0 aliphatic heterocycles. The number of hydrogen-bond donors (Lipinski definition) is 1. The van der Waals surface area contributed by atoms with E-state index in [-0.39, 0.29) is 34.9 Å². The highest BCUT2D eigenvalue weighted by atomic mass is 35.5. The molecule has 2 aromatic heterocycles. The Hall–Kier alpha value is -3.39. The highest BCUT2D eigenvalue weighted by molar-refractivity contribution is 6.29. The maximum atomic E-state index is 12.8. The Morgan fingerprint density at radius 2 is 1.80 bits per heavy atom. The molecule has 9 heteroatoms. The Morgan fingerprint density at radius 3 is 2.57 bits per heavy atom. The van der Waals surface area contributed by atoms with E-state index in [0.29, 0.717) is 0 Å². The van der Waals surface area contributed by atoms with Gasteiger partial charge in [-0.05, 0) is 34.9 Å². The zero-order chi connectivity index (χ0) is 21.6. The lowest BCUT2D eigenvalue weighted by atomic mass is 10.00. The molecule has 154 valence electrons. The van der Waals surface area contributed by atoms with E-state index in [4.69, 9.17) is 11.6 Å². The second kappa shape index (κ2) is 7.46. The molecule has 1 amide bonds. The fourth-order valence-electron chi connectivity index (χ4n) is 3.70. The summed E-state index contributed by atoms with van der Waals surface area (Å²) in [5.41, 5.74) is 0.173. The predicted octanol–water partition coefficient (Wildman–Crippen LogP) is 2.12. The molecule has 4 rings (SSSR count). The maximum absolute atomic E-state index is 12.8. The molecular weight excluding hydrogens is 406 g/mol. The van der Waals surface area contributed by atoms with Crippen molar-refractivity contribution in [3.63, 3.8) is 0 Å². The molecule has 0 bridgehead atoms. The Kier molecular flexibility index (Phi) is 4.95. The molecule has 30 heavy (non-hydrogen) atoms. The van der Waals surface area contributed by atoms with Crippen LogP contribution in [0.3, 0.4) is 0 Å². The number of amides is 1. The van der Waals surface area contributed by atoms with E-state index >= 15 is 0 Å². The van der Waals surface area contributed by atoms with Gasteiger partial charge in [-0.25, -0.2) is 4.79 Å². The van der Waals surface area contributed by atoms with Crippen LogP contribution in [0.5, 0.6) is 0 Å². The maximum Gasteiger partial charge on any atom is 0.332 e. The van der Waals surface area contributed by atoms with Crippen molar-refractivity contribution in [2.24, 2.45) is 14.1 Å². The number of carbonyl (C=O) groups excluding carboxylic acids is 1. The summed E-state index contributed by atoms with van der Waals surface area (Å²) < 4.78 is 3.52. The van der Waals surface area contributed by atoms with Gasteiger partial charge in [-0.1, -0.05) is 42.5 Å². The number of rotatable bonds is 4. The molecule has 0 fully saturated rings. The Labute approximate surface area is 176 Å². The summed E-state index contributed by atoms with van der Waals surface area (Å²) in [6.07, 6.45) is 0. The summed E-state index contributed by atoms with van der Waals surface area (Å²) >= 11 is 6.20. The number of aryl methyl sites for hydroxylation is 1. The molecule has 0 aliphatic rings. The third kappa shape index (κ3) is 3.19. The molecule has 0 spiro atoms. The zero-order valence-electron chi connectivity index (χ0n) is 16.7. The third-order valence-corrected chi connectivity index (χ3v) is 5.56. The molecule has 2 aromatic carbocycles. The van der Waals surface area contributed by atoms with Crippen molar-refractivity contribution in [2.75, 3.05) is 0 Å². The highest BCUT2D eigenvalue weighted by Crippen LogP contribution is 2.24. The molecule has 0 saturated carbocycles. The van der Waals surface area contributed by atoms with Crippen LogP contribution in [-0.4, -0.2) is 24.6 Å². The van der Waals surface area contributed by atoms with Crippen LogP contribution in [0, 0.1) is 0 Å². The van der Waals surface area contributed by atoms with Crippen LogP contribution < -0.4 is 16.6 Å². The Morgan fingerprint density at radius 1 is 1.10 bits per heavy atom. The van der Waals surface area contributed by atoms with Crippen molar-refractivity contribution in [1.82, 2.24) is 24.0 Å². The summed E-state index contributed by atoms with van der Waals surface area (Å²) in [6.45, 7) is 1.70. The van der Waals surface area contributed by atoms with Crippen molar-refractivity contribution in [3.8, 4) is 0 Å². The van der Waals surface area contributed by atoms with Crippen molar-refractivity contribution in [2.45, 2.75) is 19.5 Å². The molecule has 1 N–H and O–H groups in total. The number of imidazole rings is 1. The van der Waals surface area contributed by atoms with E-state index in [1.54, 1.807) is 0 Å². The largest absolute Gasteiger partial charge is 0.348 e. The first-order valence-electron chi connectivity index (χ1n) is 9.38. The predicted molar refractivity (Wildman–Crippen MR) is 116 cm³/mol. The molecule has 0 saturated heterocycles. The van der Waals surface area contributed by atoms with Gasteiger partial charge in [0.25, 0.3) is 5.56 Å². The van der Waals surface area contributed by atoms with Crippen molar-refractivity contribution < 1.29 is 4.79 Å². The minimum absolute atomic E-state index is 0.0312. The van der Waals surface area contributed by atoms with Gasteiger partial charge < -0.3 is 5.32 Å². The number of nitrogens with one attached hydrogen (secondary N) is 1. The molecule has 2 heterocycles. The molecule has 8 nitrogen and oxygen atoms in total. The second-order valence-electron chi connectivity index (χ2n) is 7.20. The van der Waals surface area contributed by atoms with E-state index in [9.17, 15) is 14.4 Å². The fraction of sp³-hybridized carbons (Fsp3) is 0.238. The first-order valence-corrected chi connectivity index (χ1v) is 9.76. The topological polar surface area (TPSA) is 90.9 Å². The zero-order valence-corrected chi connectivity index (χ0v) is 17.5. The lowest BCUT2D eigenvalue weighted by Crippen LogP contribution is -2.38. The minimum atomic E-state index is -0.553. The molecule has 1 atom stereocenters. The summed E-state index contributed by atoms with van der Waals surface area (Å²) in [7, 11) is 2.87. The monoisotopic (exact) mass is 425 g/mol. The quantitative estimate of drug-likeness (QED) is 0.507. The van der Waals surface area contributed by atoms with Crippen LogP contribution in [0.2, 0.25) is 5.28 Å². The van der Waals surface area contributed by atoms with Gasteiger partial charge in [-0.2, -0.15) is 4.98 Å². The van der Waals surface area contributed by atoms with Crippen LogP contribution >= 0.6 is 11.6 Å². The van der Waals surface area contributed by atoms with Gasteiger partial charge in [0.2, 0.25) is 11.2 Å². The summed E-state index contributed by atoms with van der Waals surface area (Å²) in [5, 5.41) is 5.07. The van der Waals surface area contributed by atoms with Crippen molar-refractivity contribution in [1.29, 1.82) is 0 Å². The van der Waals surface area contributed by atoms with Crippen LogP contribution in [-0.2, 0) is 25.4 Å². The highest BCUT2D eigenvalue weighted by Gasteiger charge is 2.21. The van der Waals surface area contributed by atoms with Gasteiger partial charge in [0, 0.05) is 14.1 Å². The minimum Gasteiger partial charge on any atom is -0.348 e. The second-order valence-corrected chi connectivity index (χ2v) is 7.54. The average molecular weight is 426 g/mol. The van der Waals surface area contributed by atoms with Gasteiger partial charge in [-0.3, -0.25) is 23.3 Å². The first-order chi connectivity index (χ1) is 14.3. The molecule has 0 aliphatic carbocycles. The van der Waals surface area contributed by atoms with Crippen LogP contribution in [0.4, 0.5) is 0 Å². The number of benzene rings is 2. The van der Waals surface area contributed by atoms with E-state index < -0.39 is 11.2 Å². The van der Waals surface area contributed by atoms with E-state index in [2.05, 4.69) is 10.3 Å². The van der Waals surface area contributed by atoms with Crippen LogP contribution in [0.15, 0.2) is 52.1 Å². The third-order valence-electron chi connectivity index (χ3n) is 5.27. The van der Waals surface area contributed by atoms with Crippen molar-refractivity contribution in [3.05, 3.63) is 74.1 Å².